The number of amides is 1. The van der Waals surface area contributed by atoms with Gasteiger partial charge in [0.05, 0.1) is 5.92 Å². The van der Waals surface area contributed by atoms with Crippen molar-refractivity contribution in [3.63, 3.8) is 0 Å². The third-order valence-corrected chi connectivity index (χ3v) is 3.48. The summed E-state index contributed by atoms with van der Waals surface area (Å²) in [4.78, 5) is 11.6. The van der Waals surface area contributed by atoms with E-state index in [4.69, 9.17) is 0 Å². The smallest absolute Gasteiger partial charge is 0.231 e. The normalized spacial score (nSPS) is 17.4. The molecular weight excluding hydrogens is 222 g/mol. The second kappa shape index (κ2) is 4.30. The summed E-state index contributed by atoms with van der Waals surface area (Å²) >= 11 is 0. The Labute approximate surface area is 107 Å². The van der Waals surface area contributed by atoms with Crippen molar-refractivity contribution in [3.8, 4) is 0 Å². The summed E-state index contributed by atoms with van der Waals surface area (Å²) in [7, 11) is 0. The molecule has 3 rings (SSSR count). The molecule has 0 radical (unpaired) electrons. The summed E-state index contributed by atoms with van der Waals surface area (Å²) in [5.41, 5.74) is 4.63. The number of nitrogens with one attached hydrogen (secondary N) is 1. The molecule has 0 bridgehead atoms. The van der Waals surface area contributed by atoms with E-state index in [-0.39, 0.29) is 11.8 Å². The van der Waals surface area contributed by atoms with E-state index >= 15 is 0 Å². The van der Waals surface area contributed by atoms with Crippen molar-refractivity contribution in [3.05, 3.63) is 65.2 Å². The molecule has 2 heteroatoms. The first-order chi connectivity index (χ1) is 8.74. The van der Waals surface area contributed by atoms with Gasteiger partial charge in [0.1, 0.15) is 0 Å². The van der Waals surface area contributed by atoms with E-state index in [9.17, 15) is 4.79 Å². The highest BCUT2D eigenvalue weighted by Crippen LogP contribution is 2.33. The van der Waals surface area contributed by atoms with Crippen molar-refractivity contribution in [2.45, 2.75) is 19.3 Å². The number of rotatable bonds is 2. The van der Waals surface area contributed by atoms with Crippen LogP contribution in [0.2, 0.25) is 0 Å². The van der Waals surface area contributed by atoms with E-state index in [2.05, 4.69) is 41.7 Å². The van der Waals surface area contributed by atoms with Crippen LogP contribution in [0.4, 0.5) is 5.69 Å². The van der Waals surface area contributed by atoms with Crippen molar-refractivity contribution in [1.29, 1.82) is 0 Å². The highest BCUT2D eigenvalue weighted by atomic mass is 16.2. The van der Waals surface area contributed by atoms with Crippen molar-refractivity contribution >= 4 is 11.6 Å². The lowest BCUT2D eigenvalue weighted by Crippen LogP contribution is -2.08. The first kappa shape index (κ1) is 11.0. The Kier molecular flexibility index (Phi) is 2.63. The molecule has 2 aromatic carbocycles. The van der Waals surface area contributed by atoms with E-state index in [0.29, 0.717) is 0 Å². The van der Waals surface area contributed by atoms with Gasteiger partial charge in [-0.25, -0.2) is 0 Å². The van der Waals surface area contributed by atoms with Gasteiger partial charge in [-0.2, -0.15) is 0 Å². The van der Waals surface area contributed by atoms with E-state index in [1.54, 1.807) is 0 Å². The van der Waals surface area contributed by atoms with Crippen LogP contribution in [0.15, 0.2) is 48.5 Å². The fourth-order valence-corrected chi connectivity index (χ4v) is 2.41. The Hall–Kier alpha value is -2.09. The zero-order valence-corrected chi connectivity index (χ0v) is 10.3. The maximum Gasteiger partial charge on any atom is 0.231 e. The molecule has 0 spiro atoms. The van der Waals surface area contributed by atoms with Gasteiger partial charge >= 0.3 is 0 Å². The standard InChI is InChI=1S/C16H15NO/c1-11-14-10-13(7-8-15(14)17-16(11)18)9-12-5-3-2-4-6-12/h2-8,10-11H,9H2,1H3,(H,17,18). The van der Waals surface area contributed by atoms with Crippen LogP contribution in [0, 0.1) is 0 Å². The average Bonchev–Trinajstić information content (AvgIpc) is 2.67. The molecule has 0 aliphatic carbocycles. The van der Waals surface area contributed by atoms with E-state index < -0.39 is 0 Å². The fraction of sp³-hybridized carbons (Fsp3) is 0.188. The van der Waals surface area contributed by atoms with Crippen molar-refractivity contribution in [2.24, 2.45) is 0 Å². The molecular formula is C16H15NO. The second-order valence-corrected chi connectivity index (χ2v) is 4.79. The third kappa shape index (κ3) is 1.90. The third-order valence-electron chi connectivity index (χ3n) is 3.48. The maximum atomic E-state index is 11.6. The first-order valence-electron chi connectivity index (χ1n) is 6.21. The molecule has 18 heavy (non-hydrogen) atoms. The van der Waals surface area contributed by atoms with Gasteiger partial charge < -0.3 is 5.32 Å². The van der Waals surface area contributed by atoms with Crippen molar-refractivity contribution in [2.75, 3.05) is 5.32 Å². The molecule has 1 aliphatic heterocycles. The average molecular weight is 237 g/mol. The quantitative estimate of drug-likeness (QED) is 0.852. The molecule has 1 unspecified atom stereocenters. The van der Waals surface area contributed by atoms with Crippen molar-refractivity contribution < 1.29 is 4.79 Å². The first-order valence-corrected chi connectivity index (χ1v) is 6.21. The van der Waals surface area contributed by atoms with Crippen LogP contribution >= 0.6 is 0 Å². The summed E-state index contributed by atoms with van der Waals surface area (Å²) in [6.07, 6.45) is 0.912. The van der Waals surface area contributed by atoms with E-state index in [1.165, 1.54) is 11.1 Å². The number of hydrogen-bond donors (Lipinski definition) is 1. The van der Waals surface area contributed by atoms with Gasteiger partial charge in [-0.15, -0.1) is 0 Å². The number of fused-ring (bicyclic) bond motifs is 1. The van der Waals surface area contributed by atoms with Gasteiger partial charge in [-0.1, -0.05) is 42.5 Å². The Morgan fingerprint density at radius 2 is 1.83 bits per heavy atom. The lowest BCUT2D eigenvalue weighted by molar-refractivity contribution is -0.116. The molecule has 1 atom stereocenters. The molecule has 0 aromatic heterocycles. The van der Waals surface area contributed by atoms with Gasteiger partial charge in [0.25, 0.3) is 0 Å². The lowest BCUT2D eigenvalue weighted by atomic mass is 9.97. The summed E-state index contributed by atoms with van der Waals surface area (Å²) in [5, 5.41) is 2.90. The predicted molar refractivity (Wildman–Crippen MR) is 72.7 cm³/mol. The molecule has 0 saturated carbocycles. The van der Waals surface area contributed by atoms with Gasteiger partial charge in [0.15, 0.2) is 0 Å². The van der Waals surface area contributed by atoms with Crippen molar-refractivity contribution in [1.82, 2.24) is 0 Å². The van der Waals surface area contributed by atoms with E-state index in [1.807, 2.05) is 19.1 Å². The van der Waals surface area contributed by atoms with Gasteiger partial charge in [-0.05, 0) is 36.1 Å². The minimum Gasteiger partial charge on any atom is -0.325 e. The Morgan fingerprint density at radius 1 is 1.06 bits per heavy atom. The second-order valence-electron chi connectivity index (χ2n) is 4.79. The molecule has 1 amide bonds. The van der Waals surface area contributed by atoms with Crippen LogP contribution in [0.5, 0.6) is 0 Å². The van der Waals surface area contributed by atoms with Crippen LogP contribution < -0.4 is 5.32 Å². The summed E-state index contributed by atoms with van der Waals surface area (Å²) in [6.45, 7) is 1.95. The molecule has 2 nitrogen and oxygen atoms in total. The highest BCUT2D eigenvalue weighted by molar-refractivity contribution is 6.02. The molecule has 90 valence electrons. The van der Waals surface area contributed by atoms with Gasteiger partial charge in [-0.3, -0.25) is 4.79 Å². The predicted octanol–water partition coefficient (Wildman–Crippen LogP) is 3.33. The Balaban J connectivity index is 1.90. The van der Waals surface area contributed by atoms with Crippen LogP contribution in [-0.4, -0.2) is 5.91 Å². The number of benzene rings is 2. The Bertz CT molecular complexity index is 589. The summed E-state index contributed by atoms with van der Waals surface area (Å²) in [6, 6.07) is 16.6. The number of carbonyl (C=O) groups is 1. The molecule has 0 saturated heterocycles. The Morgan fingerprint density at radius 3 is 2.61 bits per heavy atom. The number of carbonyl (C=O) groups excluding carboxylic acids is 1. The molecule has 1 aliphatic rings. The highest BCUT2D eigenvalue weighted by Gasteiger charge is 2.26. The zero-order valence-electron chi connectivity index (χ0n) is 10.3. The lowest BCUT2D eigenvalue weighted by Gasteiger charge is -2.06. The van der Waals surface area contributed by atoms with Gasteiger partial charge in [0.2, 0.25) is 5.91 Å². The monoisotopic (exact) mass is 237 g/mol. The van der Waals surface area contributed by atoms with Crippen LogP contribution in [-0.2, 0) is 11.2 Å². The molecule has 1 heterocycles. The largest absolute Gasteiger partial charge is 0.325 e. The maximum absolute atomic E-state index is 11.6. The number of hydrogen-bond acceptors (Lipinski definition) is 1. The molecule has 1 N–H and O–H groups in total. The van der Waals surface area contributed by atoms with Gasteiger partial charge in [0, 0.05) is 5.69 Å². The number of anilines is 1. The SMILES string of the molecule is CC1C(=O)Nc2ccc(Cc3ccccc3)cc21. The summed E-state index contributed by atoms with van der Waals surface area (Å²) < 4.78 is 0. The van der Waals surface area contributed by atoms with Crippen LogP contribution in [0.1, 0.15) is 29.5 Å². The van der Waals surface area contributed by atoms with E-state index in [0.717, 1.165) is 17.7 Å². The minimum atomic E-state index is -0.0317. The van der Waals surface area contributed by atoms with Crippen LogP contribution in [0.3, 0.4) is 0 Å². The zero-order chi connectivity index (χ0) is 12.5. The fourth-order valence-electron chi connectivity index (χ4n) is 2.41. The molecule has 2 aromatic rings. The topological polar surface area (TPSA) is 29.1 Å². The molecule has 0 fully saturated rings. The van der Waals surface area contributed by atoms with Crippen LogP contribution in [0.25, 0.3) is 0 Å². The summed E-state index contributed by atoms with van der Waals surface area (Å²) in [5.74, 6) is 0.0672. The minimum absolute atomic E-state index is 0.0317.